The van der Waals surface area contributed by atoms with Crippen molar-refractivity contribution in [3.05, 3.63) is 28.1 Å². The summed E-state index contributed by atoms with van der Waals surface area (Å²) in [5.41, 5.74) is 2.70. The molecule has 0 unspecified atom stereocenters. The van der Waals surface area contributed by atoms with Crippen molar-refractivity contribution in [2.45, 2.75) is 52.0 Å². The predicted octanol–water partition coefficient (Wildman–Crippen LogP) is 4.43. The molecule has 3 heteroatoms. The summed E-state index contributed by atoms with van der Waals surface area (Å²) in [7, 11) is 2.15. The third-order valence-corrected chi connectivity index (χ3v) is 5.07. The first-order chi connectivity index (χ1) is 9.25. The number of rotatable bonds is 7. The van der Waals surface area contributed by atoms with Gasteiger partial charge in [-0.1, -0.05) is 44.7 Å². The fraction of sp³-hybridized carbons (Fsp3) is 0.562. The Bertz CT molecular complexity index is 531. The van der Waals surface area contributed by atoms with E-state index in [2.05, 4.69) is 70.0 Å². The minimum absolute atomic E-state index is 1.14. The summed E-state index contributed by atoms with van der Waals surface area (Å²) in [4.78, 5) is 0. The maximum atomic E-state index is 2.46. The largest absolute Gasteiger partial charge is 0.318 e. The molecule has 0 aliphatic rings. The fourth-order valence-electron chi connectivity index (χ4n) is 2.62. The van der Waals surface area contributed by atoms with Crippen LogP contribution in [0.5, 0.6) is 0 Å². The molecule has 1 heterocycles. The van der Waals surface area contributed by atoms with Gasteiger partial charge in [0.15, 0.2) is 11.0 Å². The standard InChI is InChI=1S/C16H24IN2/c1-3-4-5-6-7-10-13-19-15-12-9-8-11-14(15)18(2)16(19)17/h8-9,11-12H,3-7,10,13H2,1-2H3/q+1. The van der Waals surface area contributed by atoms with Crippen LogP contribution in [0, 0.1) is 3.83 Å². The zero-order valence-electron chi connectivity index (χ0n) is 12.0. The summed E-state index contributed by atoms with van der Waals surface area (Å²) in [6.45, 7) is 3.42. The Balaban J connectivity index is 1.99. The number of unbranched alkanes of at least 4 members (excludes halogenated alkanes) is 5. The number of aromatic nitrogens is 2. The molecule has 0 amide bonds. The summed E-state index contributed by atoms with van der Waals surface area (Å²) in [5.74, 6) is 0. The maximum Gasteiger partial charge on any atom is 0.318 e. The van der Waals surface area contributed by atoms with Crippen molar-refractivity contribution in [2.24, 2.45) is 7.05 Å². The first-order valence-electron chi connectivity index (χ1n) is 7.38. The third-order valence-electron chi connectivity index (χ3n) is 3.77. The molecule has 0 aliphatic heterocycles. The van der Waals surface area contributed by atoms with Gasteiger partial charge < -0.3 is 0 Å². The van der Waals surface area contributed by atoms with Crippen molar-refractivity contribution >= 4 is 33.6 Å². The fourth-order valence-corrected chi connectivity index (χ4v) is 3.38. The SMILES string of the molecule is CCCCCCCCn1c(I)[n+](C)c2ccccc21. The first-order valence-corrected chi connectivity index (χ1v) is 8.46. The minimum atomic E-state index is 1.14. The number of imidazole rings is 1. The number of benzene rings is 1. The lowest BCUT2D eigenvalue weighted by atomic mass is 10.1. The molecular weight excluding hydrogens is 347 g/mol. The highest BCUT2D eigenvalue weighted by atomic mass is 127. The average Bonchev–Trinajstić information content (AvgIpc) is 2.68. The van der Waals surface area contributed by atoms with Crippen molar-refractivity contribution in [1.82, 2.24) is 4.57 Å². The van der Waals surface area contributed by atoms with Gasteiger partial charge in [0.1, 0.15) is 0 Å². The molecule has 0 saturated carbocycles. The third kappa shape index (κ3) is 3.50. The van der Waals surface area contributed by atoms with Gasteiger partial charge in [0, 0.05) is 0 Å². The monoisotopic (exact) mass is 371 g/mol. The number of para-hydroxylation sites is 2. The Kier molecular flexibility index (Phi) is 5.67. The van der Waals surface area contributed by atoms with Crippen LogP contribution in [0.15, 0.2) is 24.3 Å². The van der Waals surface area contributed by atoms with E-state index in [9.17, 15) is 0 Å². The molecule has 2 nitrogen and oxygen atoms in total. The number of hydrogen-bond donors (Lipinski definition) is 0. The molecule has 0 radical (unpaired) electrons. The number of halogens is 1. The van der Waals surface area contributed by atoms with E-state index in [0.717, 1.165) is 6.54 Å². The molecule has 104 valence electrons. The van der Waals surface area contributed by atoms with E-state index in [1.165, 1.54) is 53.4 Å². The van der Waals surface area contributed by atoms with Crippen LogP contribution >= 0.6 is 22.6 Å². The minimum Gasteiger partial charge on any atom is -0.221 e. The Morgan fingerprint density at radius 3 is 2.53 bits per heavy atom. The predicted molar refractivity (Wildman–Crippen MR) is 89.2 cm³/mol. The number of aryl methyl sites for hydroxylation is 2. The molecule has 19 heavy (non-hydrogen) atoms. The summed E-state index contributed by atoms with van der Waals surface area (Å²) < 4.78 is 6.07. The molecule has 0 fully saturated rings. The highest BCUT2D eigenvalue weighted by molar-refractivity contribution is 14.1. The molecule has 1 aromatic carbocycles. The lowest BCUT2D eigenvalue weighted by Gasteiger charge is -2.00. The van der Waals surface area contributed by atoms with Gasteiger partial charge in [-0.15, -0.1) is 0 Å². The molecule has 0 spiro atoms. The van der Waals surface area contributed by atoms with E-state index in [0.29, 0.717) is 0 Å². The number of nitrogens with zero attached hydrogens (tertiary/aromatic N) is 2. The maximum absolute atomic E-state index is 2.46. The molecule has 0 atom stereocenters. The van der Waals surface area contributed by atoms with Crippen LogP contribution in [0.3, 0.4) is 0 Å². The van der Waals surface area contributed by atoms with Crippen LogP contribution in [0.2, 0.25) is 0 Å². The number of hydrogen-bond acceptors (Lipinski definition) is 0. The Hall–Kier alpha value is -0.580. The van der Waals surface area contributed by atoms with Gasteiger partial charge in [0.25, 0.3) is 0 Å². The van der Waals surface area contributed by atoms with Gasteiger partial charge in [0.2, 0.25) is 0 Å². The Labute approximate surface area is 130 Å². The van der Waals surface area contributed by atoms with Crippen molar-refractivity contribution in [3.8, 4) is 0 Å². The van der Waals surface area contributed by atoms with Crippen LogP contribution in [-0.4, -0.2) is 4.57 Å². The van der Waals surface area contributed by atoms with E-state index in [1.807, 2.05) is 0 Å². The lowest BCUT2D eigenvalue weighted by Crippen LogP contribution is -2.31. The van der Waals surface area contributed by atoms with Gasteiger partial charge >= 0.3 is 3.83 Å². The second-order valence-corrected chi connectivity index (χ2v) is 6.20. The van der Waals surface area contributed by atoms with E-state index in [1.54, 1.807) is 0 Å². The lowest BCUT2D eigenvalue weighted by molar-refractivity contribution is -0.659. The van der Waals surface area contributed by atoms with E-state index < -0.39 is 0 Å². The number of fused-ring (bicyclic) bond motifs is 1. The summed E-state index contributed by atoms with van der Waals surface area (Å²) in [5, 5.41) is 0. The highest BCUT2D eigenvalue weighted by Crippen LogP contribution is 2.17. The Morgan fingerprint density at radius 2 is 1.74 bits per heavy atom. The van der Waals surface area contributed by atoms with E-state index in [-0.39, 0.29) is 0 Å². The van der Waals surface area contributed by atoms with Crippen LogP contribution < -0.4 is 4.57 Å². The van der Waals surface area contributed by atoms with Crippen molar-refractivity contribution in [1.29, 1.82) is 0 Å². The first kappa shape index (κ1) is 14.8. The Morgan fingerprint density at radius 1 is 1.05 bits per heavy atom. The van der Waals surface area contributed by atoms with Crippen molar-refractivity contribution in [3.63, 3.8) is 0 Å². The summed E-state index contributed by atoms with van der Waals surface area (Å²) in [6, 6.07) is 8.69. The normalized spacial score (nSPS) is 11.3. The smallest absolute Gasteiger partial charge is 0.221 e. The van der Waals surface area contributed by atoms with Crippen LogP contribution in [0.1, 0.15) is 45.4 Å². The highest BCUT2D eigenvalue weighted by Gasteiger charge is 2.18. The van der Waals surface area contributed by atoms with Crippen LogP contribution in [-0.2, 0) is 13.6 Å². The van der Waals surface area contributed by atoms with E-state index in [4.69, 9.17) is 0 Å². The molecule has 2 aromatic rings. The van der Waals surface area contributed by atoms with Gasteiger partial charge in [-0.05, 0) is 25.0 Å². The van der Waals surface area contributed by atoms with Gasteiger partial charge in [-0.25, -0.2) is 9.13 Å². The van der Waals surface area contributed by atoms with E-state index >= 15 is 0 Å². The summed E-state index contributed by atoms with van der Waals surface area (Å²) >= 11 is 2.46. The molecular formula is C16H24IN2+. The molecule has 0 aliphatic carbocycles. The van der Waals surface area contributed by atoms with Crippen LogP contribution in [0.25, 0.3) is 11.0 Å². The summed E-state index contributed by atoms with van der Waals surface area (Å²) in [6.07, 6.45) is 8.14. The average molecular weight is 371 g/mol. The zero-order chi connectivity index (χ0) is 13.7. The van der Waals surface area contributed by atoms with Gasteiger partial charge in [-0.3, -0.25) is 0 Å². The quantitative estimate of drug-likeness (QED) is 0.387. The zero-order valence-corrected chi connectivity index (χ0v) is 14.2. The van der Waals surface area contributed by atoms with Crippen molar-refractivity contribution in [2.75, 3.05) is 0 Å². The molecule has 2 rings (SSSR count). The molecule has 1 aromatic heterocycles. The topological polar surface area (TPSA) is 8.81 Å². The van der Waals surface area contributed by atoms with Crippen LogP contribution in [0.4, 0.5) is 0 Å². The second-order valence-electron chi connectivity index (χ2n) is 5.24. The van der Waals surface area contributed by atoms with Gasteiger partial charge in [-0.2, -0.15) is 0 Å². The van der Waals surface area contributed by atoms with Crippen molar-refractivity contribution < 1.29 is 4.57 Å². The second kappa shape index (κ2) is 7.27. The molecule has 0 saturated heterocycles. The molecule has 0 N–H and O–H groups in total. The van der Waals surface area contributed by atoms with Gasteiger partial charge in [0.05, 0.1) is 36.2 Å². The molecule has 0 bridgehead atoms.